The molecule has 0 aliphatic heterocycles. The van der Waals surface area contributed by atoms with Crippen molar-refractivity contribution in [2.75, 3.05) is 0 Å². The van der Waals surface area contributed by atoms with Gasteiger partial charge >= 0.3 is 6.18 Å². The summed E-state index contributed by atoms with van der Waals surface area (Å²) in [5.74, 6) is -1.04. The summed E-state index contributed by atoms with van der Waals surface area (Å²) < 4.78 is 51.3. The lowest BCUT2D eigenvalue weighted by molar-refractivity contribution is -0.137. The van der Waals surface area contributed by atoms with E-state index in [2.05, 4.69) is 0 Å². The van der Waals surface area contributed by atoms with E-state index in [0.29, 0.717) is 12.1 Å². The molecule has 0 saturated carbocycles. The Bertz CT molecular complexity index is 436. The topological polar surface area (TPSA) is 46.2 Å². The lowest BCUT2D eigenvalue weighted by atomic mass is 9.98. The first-order valence-electron chi connectivity index (χ1n) is 5.18. The van der Waals surface area contributed by atoms with Crippen molar-refractivity contribution in [2.24, 2.45) is 5.73 Å². The van der Waals surface area contributed by atoms with Crippen molar-refractivity contribution in [3.8, 4) is 0 Å². The standard InChI is InChI=1S/C11H12ClF4NO/c1-2-8(18)10(17)6-3-5(11(14,15)16)4-7(12)9(6)13/h3-4,8,10,18H,2,17H2,1H3/t8-,10+/m1/s1. The number of aliphatic hydroxyl groups excluding tert-OH is 1. The van der Waals surface area contributed by atoms with E-state index >= 15 is 0 Å². The Morgan fingerprint density at radius 2 is 1.94 bits per heavy atom. The number of hydrogen-bond acceptors (Lipinski definition) is 2. The van der Waals surface area contributed by atoms with Crippen LogP contribution in [-0.4, -0.2) is 11.2 Å². The predicted molar refractivity (Wildman–Crippen MR) is 59.6 cm³/mol. The van der Waals surface area contributed by atoms with Crippen LogP contribution in [0.15, 0.2) is 12.1 Å². The van der Waals surface area contributed by atoms with E-state index < -0.39 is 40.3 Å². The van der Waals surface area contributed by atoms with Crippen molar-refractivity contribution < 1.29 is 22.7 Å². The van der Waals surface area contributed by atoms with Gasteiger partial charge in [-0.1, -0.05) is 18.5 Å². The second-order valence-electron chi connectivity index (χ2n) is 3.86. The first kappa shape index (κ1) is 15.2. The third kappa shape index (κ3) is 3.13. The zero-order valence-corrected chi connectivity index (χ0v) is 10.2. The Morgan fingerprint density at radius 3 is 2.39 bits per heavy atom. The first-order chi connectivity index (χ1) is 8.18. The van der Waals surface area contributed by atoms with Crippen LogP contribution in [0.5, 0.6) is 0 Å². The number of alkyl halides is 3. The number of halogens is 5. The van der Waals surface area contributed by atoms with E-state index in [-0.39, 0.29) is 6.42 Å². The zero-order chi connectivity index (χ0) is 14.1. The Balaban J connectivity index is 3.31. The van der Waals surface area contributed by atoms with Gasteiger partial charge in [0, 0.05) is 5.56 Å². The van der Waals surface area contributed by atoms with E-state index in [1.54, 1.807) is 6.92 Å². The largest absolute Gasteiger partial charge is 0.416 e. The van der Waals surface area contributed by atoms with Crippen LogP contribution in [0.25, 0.3) is 0 Å². The highest BCUT2D eigenvalue weighted by Gasteiger charge is 2.33. The minimum Gasteiger partial charge on any atom is -0.391 e. The summed E-state index contributed by atoms with van der Waals surface area (Å²) in [5, 5.41) is 8.80. The van der Waals surface area contributed by atoms with Gasteiger partial charge in [0.25, 0.3) is 0 Å². The van der Waals surface area contributed by atoms with Gasteiger partial charge in [0.15, 0.2) is 0 Å². The molecule has 0 aromatic heterocycles. The summed E-state index contributed by atoms with van der Waals surface area (Å²) in [6.45, 7) is 1.58. The fourth-order valence-electron chi connectivity index (χ4n) is 1.48. The molecule has 0 aliphatic carbocycles. The summed E-state index contributed by atoms with van der Waals surface area (Å²) in [6, 6.07) is -0.189. The SMILES string of the molecule is CC[C@@H](O)[C@@H](N)c1cc(C(F)(F)F)cc(Cl)c1F. The fraction of sp³-hybridized carbons (Fsp3) is 0.455. The highest BCUT2D eigenvalue weighted by molar-refractivity contribution is 6.30. The van der Waals surface area contributed by atoms with E-state index in [1.165, 1.54) is 0 Å². The van der Waals surface area contributed by atoms with Gasteiger partial charge in [0.05, 0.1) is 22.7 Å². The molecule has 0 radical (unpaired) electrons. The van der Waals surface area contributed by atoms with Crippen molar-refractivity contribution in [2.45, 2.75) is 31.7 Å². The molecule has 0 heterocycles. The summed E-state index contributed by atoms with van der Waals surface area (Å²) >= 11 is 5.40. The van der Waals surface area contributed by atoms with Crippen molar-refractivity contribution in [1.82, 2.24) is 0 Å². The number of rotatable bonds is 3. The van der Waals surface area contributed by atoms with Gasteiger partial charge in [-0.25, -0.2) is 4.39 Å². The second kappa shape index (κ2) is 5.42. The summed E-state index contributed by atoms with van der Waals surface area (Å²) in [7, 11) is 0. The van der Waals surface area contributed by atoms with Crippen LogP contribution in [0.1, 0.15) is 30.5 Å². The van der Waals surface area contributed by atoms with Crippen molar-refractivity contribution in [1.29, 1.82) is 0 Å². The summed E-state index contributed by atoms with van der Waals surface area (Å²) in [5.41, 5.74) is 3.98. The van der Waals surface area contributed by atoms with E-state index in [4.69, 9.17) is 17.3 Å². The van der Waals surface area contributed by atoms with E-state index in [9.17, 15) is 22.7 Å². The molecule has 102 valence electrons. The number of benzene rings is 1. The maximum atomic E-state index is 13.6. The normalized spacial score (nSPS) is 15.6. The quantitative estimate of drug-likeness (QED) is 0.837. The van der Waals surface area contributed by atoms with Gasteiger partial charge in [-0.3, -0.25) is 0 Å². The maximum absolute atomic E-state index is 13.6. The molecular weight excluding hydrogens is 274 g/mol. The Hall–Kier alpha value is -0.850. The van der Waals surface area contributed by atoms with Gasteiger partial charge in [0.2, 0.25) is 0 Å². The lowest BCUT2D eigenvalue weighted by Gasteiger charge is -2.20. The molecule has 0 unspecified atom stereocenters. The average Bonchev–Trinajstić information content (AvgIpc) is 2.29. The average molecular weight is 286 g/mol. The van der Waals surface area contributed by atoms with E-state index in [0.717, 1.165) is 0 Å². The molecule has 2 atom stereocenters. The molecular formula is C11H12ClF4NO. The molecule has 1 aromatic rings. The van der Waals surface area contributed by atoms with Crippen LogP contribution in [0.4, 0.5) is 17.6 Å². The van der Waals surface area contributed by atoms with Crippen LogP contribution >= 0.6 is 11.6 Å². The molecule has 0 amide bonds. The van der Waals surface area contributed by atoms with Crippen molar-refractivity contribution >= 4 is 11.6 Å². The summed E-state index contributed by atoms with van der Waals surface area (Å²) in [4.78, 5) is 0. The van der Waals surface area contributed by atoms with Crippen LogP contribution in [0.2, 0.25) is 5.02 Å². The Morgan fingerprint density at radius 1 is 1.39 bits per heavy atom. The molecule has 3 N–H and O–H groups in total. The third-order valence-corrected chi connectivity index (χ3v) is 2.85. The summed E-state index contributed by atoms with van der Waals surface area (Å²) in [6.07, 6.45) is -5.60. The molecule has 0 saturated heterocycles. The third-order valence-electron chi connectivity index (χ3n) is 2.58. The van der Waals surface area contributed by atoms with Gasteiger partial charge < -0.3 is 10.8 Å². The highest BCUT2D eigenvalue weighted by Crippen LogP contribution is 2.35. The number of nitrogens with two attached hydrogens (primary N) is 1. The number of aliphatic hydroxyl groups is 1. The predicted octanol–water partition coefficient (Wildman–Crippen LogP) is 3.27. The first-order valence-corrected chi connectivity index (χ1v) is 5.56. The molecule has 1 aromatic carbocycles. The van der Waals surface area contributed by atoms with Crippen molar-refractivity contribution in [3.05, 3.63) is 34.1 Å². The van der Waals surface area contributed by atoms with Gasteiger partial charge in [-0.15, -0.1) is 0 Å². The second-order valence-corrected chi connectivity index (χ2v) is 4.27. The fourth-order valence-corrected chi connectivity index (χ4v) is 1.70. The minimum absolute atomic E-state index is 0.189. The number of hydrogen-bond donors (Lipinski definition) is 2. The molecule has 0 aliphatic rings. The van der Waals surface area contributed by atoms with Gasteiger partial charge in [-0.2, -0.15) is 13.2 Å². The molecule has 0 fully saturated rings. The minimum atomic E-state index is -4.65. The molecule has 7 heteroatoms. The lowest BCUT2D eigenvalue weighted by Crippen LogP contribution is -2.27. The van der Waals surface area contributed by atoms with Crippen LogP contribution in [-0.2, 0) is 6.18 Å². The Kier molecular flexibility index (Phi) is 4.58. The molecule has 2 nitrogen and oxygen atoms in total. The Labute approximate surface area is 106 Å². The zero-order valence-electron chi connectivity index (χ0n) is 9.43. The van der Waals surface area contributed by atoms with Crippen LogP contribution in [0, 0.1) is 5.82 Å². The van der Waals surface area contributed by atoms with Gasteiger partial charge in [-0.05, 0) is 18.6 Å². The highest BCUT2D eigenvalue weighted by atomic mass is 35.5. The smallest absolute Gasteiger partial charge is 0.391 e. The molecule has 0 bridgehead atoms. The van der Waals surface area contributed by atoms with Crippen molar-refractivity contribution in [3.63, 3.8) is 0 Å². The van der Waals surface area contributed by atoms with E-state index in [1.807, 2.05) is 0 Å². The molecule has 18 heavy (non-hydrogen) atoms. The molecule has 1 rings (SSSR count). The molecule has 0 spiro atoms. The van der Waals surface area contributed by atoms with Gasteiger partial charge in [0.1, 0.15) is 5.82 Å². The monoisotopic (exact) mass is 285 g/mol. The van der Waals surface area contributed by atoms with Crippen LogP contribution < -0.4 is 5.73 Å². The maximum Gasteiger partial charge on any atom is 0.416 e. The van der Waals surface area contributed by atoms with Crippen LogP contribution in [0.3, 0.4) is 0 Å².